The lowest BCUT2D eigenvalue weighted by Gasteiger charge is -2.26. The van der Waals surface area contributed by atoms with Crippen molar-refractivity contribution in [3.05, 3.63) is 45.6 Å². The molecule has 1 aliphatic rings. The van der Waals surface area contributed by atoms with Crippen LogP contribution in [-0.2, 0) is 23.0 Å². The molecule has 7 nitrogen and oxygen atoms in total. The van der Waals surface area contributed by atoms with E-state index in [0.717, 1.165) is 26.1 Å². The van der Waals surface area contributed by atoms with Gasteiger partial charge in [-0.05, 0) is 62.4 Å². The highest BCUT2D eigenvalue weighted by atomic mass is 32.2. The van der Waals surface area contributed by atoms with E-state index in [4.69, 9.17) is 4.74 Å². The van der Waals surface area contributed by atoms with E-state index in [1.807, 2.05) is 0 Å². The predicted octanol–water partition coefficient (Wildman–Crippen LogP) is 2.62. The van der Waals surface area contributed by atoms with Crippen LogP contribution in [0.15, 0.2) is 34.5 Å². The predicted molar refractivity (Wildman–Crippen MR) is 119 cm³/mol. The van der Waals surface area contributed by atoms with Crippen molar-refractivity contribution < 1.29 is 17.9 Å². The Morgan fingerprint density at radius 2 is 2.03 bits per heavy atom. The molecule has 0 fully saturated rings. The summed E-state index contributed by atoms with van der Waals surface area (Å²) in [7, 11) is -2.43. The van der Waals surface area contributed by atoms with Gasteiger partial charge in [-0.15, -0.1) is 11.3 Å². The van der Waals surface area contributed by atoms with Crippen LogP contribution in [0.3, 0.4) is 0 Å². The maximum absolute atomic E-state index is 12.8. The smallest absolute Gasteiger partial charge is 0.251 e. The number of carbonyl (C=O) groups is 1. The first kappa shape index (κ1) is 22.7. The molecule has 164 valence electrons. The Kier molecular flexibility index (Phi) is 6.86. The Labute approximate surface area is 182 Å². The molecule has 0 bridgehead atoms. The monoisotopic (exact) mass is 451 g/mol. The first-order valence-corrected chi connectivity index (χ1v) is 12.2. The zero-order chi connectivity index (χ0) is 21.9. The van der Waals surface area contributed by atoms with Gasteiger partial charge in [-0.2, -0.15) is 0 Å². The molecule has 2 aromatic rings. The largest absolute Gasteiger partial charge is 0.495 e. The molecule has 3 rings (SSSR count). The van der Waals surface area contributed by atoms with Crippen LogP contribution in [0.2, 0.25) is 0 Å². The van der Waals surface area contributed by atoms with Crippen LogP contribution in [-0.4, -0.2) is 51.5 Å². The maximum atomic E-state index is 12.8. The van der Waals surface area contributed by atoms with E-state index < -0.39 is 15.6 Å². The number of ether oxygens (including phenoxy) is 1. The fraction of sp³-hybridized carbons (Fsp3) is 0.476. The van der Waals surface area contributed by atoms with Crippen molar-refractivity contribution >= 4 is 27.3 Å². The highest BCUT2D eigenvalue weighted by molar-refractivity contribution is 7.89. The number of rotatable bonds is 7. The van der Waals surface area contributed by atoms with Gasteiger partial charge in [0.15, 0.2) is 0 Å². The number of nitrogens with one attached hydrogen (secondary N) is 2. The van der Waals surface area contributed by atoms with Crippen LogP contribution in [0, 0.1) is 0 Å². The molecule has 1 aromatic carbocycles. The fourth-order valence-corrected chi connectivity index (χ4v) is 5.92. The molecule has 0 aliphatic carbocycles. The number of hydrogen-bond acceptors (Lipinski definition) is 6. The second-order valence-electron chi connectivity index (χ2n) is 8.37. The number of fused-ring (bicyclic) bond motifs is 1. The molecule has 0 radical (unpaired) electrons. The van der Waals surface area contributed by atoms with Crippen LogP contribution in [0.5, 0.6) is 5.75 Å². The molecule has 9 heteroatoms. The van der Waals surface area contributed by atoms with Gasteiger partial charge >= 0.3 is 0 Å². The zero-order valence-corrected chi connectivity index (χ0v) is 19.5. The molecule has 0 saturated heterocycles. The Hall–Kier alpha value is -1.94. The first-order chi connectivity index (χ1) is 14.1. The van der Waals surface area contributed by atoms with Gasteiger partial charge in [0, 0.05) is 42.2 Å². The van der Waals surface area contributed by atoms with E-state index in [1.54, 1.807) is 38.2 Å². The molecule has 2 N–H and O–H groups in total. The summed E-state index contributed by atoms with van der Waals surface area (Å²) in [6.45, 7) is 8.39. The summed E-state index contributed by atoms with van der Waals surface area (Å²) in [4.78, 5) is 16.3. The molecule has 2 heterocycles. The summed E-state index contributed by atoms with van der Waals surface area (Å²) >= 11 is 1.80. The van der Waals surface area contributed by atoms with Gasteiger partial charge in [0.25, 0.3) is 5.91 Å². The number of hydrogen-bond donors (Lipinski definition) is 2. The number of carbonyl (C=O) groups excluding carboxylic acids is 1. The number of amides is 1. The third kappa shape index (κ3) is 5.60. The second kappa shape index (κ2) is 9.05. The topological polar surface area (TPSA) is 87.7 Å². The molecule has 1 amide bonds. The lowest BCUT2D eigenvalue weighted by Crippen LogP contribution is -2.40. The van der Waals surface area contributed by atoms with E-state index in [9.17, 15) is 13.2 Å². The number of thiophene rings is 1. The molecule has 0 spiro atoms. The Balaban J connectivity index is 1.65. The van der Waals surface area contributed by atoms with Crippen LogP contribution < -0.4 is 14.8 Å². The molecule has 0 saturated carbocycles. The van der Waals surface area contributed by atoms with Crippen molar-refractivity contribution in [2.24, 2.45) is 0 Å². The van der Waals surface area contributed by atoms with Crippen LogP contribution >= 0.6 is 11.3 Å². The van der Waals surface area contributed by atoms with Gasteiger partial charge in [0.05, 0.1) is 7.11 Å². The van der Waals surface area contributed by atoms with E-state index >= 15 is 0 Å². The summed E-state index contributed by atoms with van der Waals surface area (Å²) in [5.41, 5.74) is 0.997. The quantitative estimate of drug-likeness (QED) is 0.676. The molecule has 0 unspecified atom stereocenters. The summed E-state index contributed by atoms with van der Waals surface area (Å²) in [6.07, 6.45) is 1.04. The highest BCUT2D eigenvalue weighted by Gasteiger charge is 2.26. The normalized spacial score (nSPS) is 14.9. The van der Waals surface area contributed by atoms with Crippen molar-refractivity contribution in [1.29, 1.82) is 0 Å². The van der Waals surface area contributed by atoms with Gasteiger partial charge in [0.2, 0.25) is 10.0 Å². The van der Waals surface area contributed by atoms with Crippen LogP contribution in [0.4, 0.5) is 0 Å². The minimum absolute atomic E-state index is 0.0476. The average molecular weight is 452 g/mol. The SMILES string of the molecule is COc1ccc(C(=O)NCCN2CCc3sccc3C2)cc1S(=O)(=O)NC(C)(C)C. The van der Waals surface area contributed by atoms with Gasteiger partial charge < -0.3 is 10.1 Å². The maximum Gasteiger partial charge on any atom is 0.251 e. The van der Waals surface area contributed by atoms with Crippen molar-refractivity contribution in [2.45, 2.75) is 44.2 Å². The van der Waals surface area contributed by atoms with Crippen molar-refractivity contribution in [3.8, 4) is 5.75 Å². The number of nitrogens with zero attached hydrogens (tertiary/aromatic N) is 1. The molecule has 0 atom stereocenters. The van der Waals surface area contributed by atoms with E-state index in [0.29, 0.717) is 6.54 Å². The first-order valence-electron chi connectivity index (χ1n) is 9.87. The van der Waals surface area contributed by atoms with Crippen molar-refractivity contribution in [3.63, 3.8) is 0 Å². The second-order valence-corrected chi connectivity index (χ2v) is 11.0. The van der Waals surface area contributed by atoms with E-state index in [2.05, 4.69) is 26.4 Å². The Bertz CT molecular complexity index is 1010. The molecule has 30 heavy (non-hydrogen) atoms. The van der Waals surface area contributed by atoms with Crippen molar-refractivity contribution in [2.75, 3.05) is 26.7 Å². The summed E-state index contributed by atoms with van der Waals surface area (Å²) in [5.74, 6) is -0.110. The summed E-state index contributed by atoms with van der Waals surface area (Å²) in [5, 5.41) is 5.02. The van der Waals surface area contributed by atoms with Gasteiger partial charge in [-0.25, -0.2) is 13.1 Å². The van der Waals surface area contributed by atoms with E-state index in [1.165, 1.54) is 29.7 Å². The van der Waals surface area contributed by atoms with Crippen LogP contribution in [0.1, 0.15) is 41.6 Å². The Morgan fingerprint density at radius 3 is 2.73 bits per heavy atom. The van der Waals surface area contributed by atoms with Gasteiger partial charge in [0.1, 0.15) is 10.6 Å². The van der Waals surface area contributed by atoms with Gasteiger partial charge in [-0.1, -0.05) is 0 Å². The number of methoxy groups -OCH3 is 1. The molecule has 1 aromatic heterocycles. The van der Waals surface area contributed by atoms with Gasteiger partial charge in [-0.3, -0.25) is 9.69 Å². The minimum Gasteiger partial charge on any atom is -0.495 e. The highest BCUT2D eigenvalue weighted by Crippen LogP contribution is 2.26. The molecular formula is C21H29N3O4S2. The Morgan fingerprint density at radius 1 is 1.27 bits per heavy atom. The summed E-state index contributed by atoms with van der Waals surface area (Å²) in [6, 6.07) is 6.61. The van der Waals surface area contributed by atoms with E-state index in [-0.39, 0.29) is 22.1 Å². The lowest BCUT2D eigenvalue weighted by atomic mass is 10.1. The molecule has 1 aliphatic heterocycles. The third-order valence-corrected chi connectivity index (χ3v) is 7.56. The summed E-state index contributed by atoms with van der Waals surface area (Å²) < 4.78 is 33.4. The minimum atomic E-state index is -3.84. The average Bonchev–Trinajstić information content (AvgIpc) is 3.13. The standard InChI is InChI=1S/C21H29N3O4S2/c1-21(2,3)23-30(26,27)19-13-15(5-6-17(19)28-4)20(25)22-9-11-24-10-7-18-16(14-24)8-12-29-18/h5-6,8,12-13,23H,7,9-11,14H2,1-4H3,(H,22,25). The zero-order valence-electron chi connectivity index (χ0n) is 17.8. The third-order valence-electron chi connectivity index (χ3n) is 4.76. The number of sulfonamides is 1. The lowest BCUT2D eigenvalue weighted by molar-refractivity contribution is 0.0947. The fourth-order valence-electron chi connectivity index (χ4n) is 3.41. The van der Waals surface area contributed by atoms with Crippen LogP contribution in [0.25, 0.3) is 0 Å². The molecular weight excluding hydrogens is 422 g/mol. The number of benzene rings is 1. The van der Waals surface area contributed by atoms with Crippen molar-refractivity contribution in [1.82, 2.24) is 14.9 Å².